The Hall–Kier alpha value is -5.04. The van der Waals surface area contributed by atoms with E-state index in [1.54, 1.807) is 6.33 Å². The van der Waals surface area contributed by atoms with Gasteiger partial charge in [-0.25, -0.2) is 71.9 Å². The summed E-state index contributed by atoms with van der Waals surface area (Å²) in [4.78, 5) is 40.8. The van der Waals surface area contributed by atoms with E-state index in [2.05, 4.69) is 19.9 Å². The Labute approximate surface area is 430 Å². The smallest absolute Gasteiger partial charge is 0.322 e. The summed E-state index contributed by atoms with van der Waals surface area (Å²) < 4.78 is 159. The van der Waals surface area contributed by atoms with E-state index in [1.807, 2.05) is 12.1 Å². The van der Waals surface area contributed by atoms with Crippen molar-refractivity contribution in [2.75, 3.05) is 13.1 Å². The molecule has 8 aliphatic rings. The fourth-order valence-corrected chi connectivity index (χ4v) is 15.2. The predicted octanol–water partition coefficient (Wildman–Crippen LogP) is 8.58. The maximum absolute atomic E-state index is 14.3. The SMILES string of the molecule is NCc1cc(C23CCC(C(F)F)(CC2)CC3)ncn1.O=C(CCc1cc(C23CCC(C(F)F)(CC2)CC3)ncn1)[C@@H]1C[C@@H](F)CN1S(=O)(=O)c1ccc(F)cc1.O=C(O)[C@@H]1C[C@@H](F)CN1S(=O)(=O)c1ccc(F)cc1. The monoisotopic (exact) mass is 1100 g/mol. The standard InChI is InChI=1S/C26H29F4N3O3S.C14H19F2N3.C11H11F2NO4S/c27-17-1-4-20(5-2-17)37(35,36)33-15-18(28)13-21(33)22(34)6-3-19-14-23(32-16-31-19)25-7-10-26(11-8-25,12-9-25)24(29)30;15-12(16)14-4-1-13(2-5-14,3-6-14)11-7-10(8-17)18-9-19-11;12-7-1-3-9(4-2-7)19(17,18)14-6-8(13)5-10(14)11(15)16/h1-2,4-5,14,16,18,21,24H,3,6-13,15H2;7,9,12H,1-6,8,17H2;1-4,8,10H,5-6H2,(H,15,16)/t18-,21+,25?,26?;;8-,10+/m1.1/s1. The lowest BCUT2D eigenvalue weighted by Gasteiger charge is -2.52. The van der Waals surface area contributed by atoms with Crippen molar-refractivity contribution in [2.24, 2.45) is 16.6 Å². The van der Waals surface area contributed by atoms with E-state index in [0.717, 1.165) is 89.2 Å². The second-order valence-corrected chi connectivity index (χ2v) is 24.7. The minimum absolute atomic E-state index is 0.0104. The second-order valence-electron chi connectivity index (χ2n) is 20.9. The molecule has 2 aromatic heterocycles. The van der Waals surface area contributed by atoms with Gasteiger partial charge in [0, 0.05) is 66.3 Å². The maximum Gasteiger partial charge on any atom is 0.322 e. The van der Waals surface area contributed by atoms with Crippen molar-refractivity contribution >= 4 is 31.8 Å². The van der Waals surface area contributed by atoms with Crippen LogP contribution in [0.15, 0.2) is 83.1 Å². The van der Waals surface area contributed by atoms with Crippen LogP contribution in [0, 0.1) is 22.5 Å². The number of ketones is 1. The van der Waals surface area contributed by atoms with Gasteiger partial charge in [-0.15, -0.1) is 0 Å². The van der Waals surface area contributed by atoms with Crippen LogP contribution in [0.4, 0.5) is 35.1 Å². The lowest BCUT2D eigenvalue weighted by Crippen LogP contribution is -2.47. The van der Waals surface area contributed by atoms with Gasteiger partial charge in [-0.05, 0) is 144 Å². The highest BCUT2D eigenvalue weighted by Gasteiger charge is 2.56. The maximum atomic E-state index is 14.3. The highest BCUT2D eigenvalue weighted by molar-refractivity contribution is 7.89. The van der Waals surface area contributed by atoms with Crippen LogP contribution in [0.2, 0.25) is 0 Å². The van der Waals surface area contributed by atoms with E-state index < -0.39 is 105 Å². The van der Waals surface area contributed by atoms with Gasteiger partial charge in [0.25, 0.3) is 0 Å². The molecule has 0 unspecified atom stereocenters. The molecule has 75 heavy (non-hydrogen) atoms. The lowest BCUT2D eigenvalue weighted by atomic mass is 9.53. The van der Waals surface area contributed by atoms with E-state index in [1.165, 1.54) is 6.33 Å². The van der Waals surface area contributed by atoms with Gasteiger partial charge in [-0.3, -0.25) is 9.59 Å². The molecule has 408 valence electrons. The van der Waals surface area contributed by atoms with Crippen LogP contribution < -0.4 is 5.73 Å². The van der Waals surface area contributed by atoms with Crippen LogP contribution >= 0.6 is 0 Å². The number of nitrogens with two attached hydrogens (primary N) is 1. The molecule has 14 nitrogen and oxygen atoms in total. The fraction of sp³-hybridized carbons (Fsp3) is 0.569. The van der Waals surface area contributed by atoms with E-state index in [0.29, 0.717) is 74.3 Å². The summed E-state index contributed by atoms with van der Waals surface area (Å²) in [5, 5.41) is 8.92. The Morgan fingerprint density at radius 2 is 0.973 bits per heavy atom. The van der Waals surface area contributed by atoms with E-state index in [-0.39, 0.29) is 46.3 Å². The number of carbonyl (C=O) groups excluding carboxylic acids is 1. The predicted molar refractivity (Wildman–Crippen MR) is 256 cm³/mol. The Kier molecular flexibility index (Phi) is 16.6. The average Bonchev–Trinajstić information content (AvgIpc) is 4.03. The van der Waals surface area contributed by atoms with Gasteiger partial charge in [-0.1, -0.05) is 0 Å². The highest BCUT2D eigenvalue weighted by Crippen LogP contribution is 2.61. The molecule has 12 rings (SSSR count). The number of aliphatic carboxylic acids is 1. The molecule has 0 amide bonds. The number of Topliss-reactive ketones (excluding diaryl/α,β-unsaturated/α-hetero) is 1. The first-order valence-electron chi connectivity index (χ1n) is 24.9. The van der Waals surface area contributed by atoms with E-state index in [4.69, 9.17) is 10.8 Å². The molecule has 0 radical (unpaired) electrons. The number of nitrogens with zero attached hydrogens (tertiary/aromatic N) is 6. The first-order chi connectivity index (χ1) is 35.5. The molecule has 0 spiro atoms. The Balaban J connectivity index is 0.000000165. The number of hydrogen-bond donors (Lipinski definition) is 2. The summed E-state index contributed by atoms with van der Waals surface area (Å²) in [6.07, 6.45) is 2.68. The lowest BCUT2D eigenvalue weighted by molar-refractivity contribution is -0.140. The topological polar surface area (TPSA) is 207 Å². The molecule has 2 saturated heterocycles. The third-order valence-corrected chi connectivity index (χ3v) is 20.6. The number of alkyl halides is 6. The van der Waals surface area contributed by atoms with Gasteiger partial charge < -0.3 is 10.8 Å². The molecular weight excluding hydrogens is 1040 g/mol. The molecule has 3 N–H and O–H groups in total. The van der Waals surface area contributed by atoms with E-state index >= 15 is 0 Å². The fourth-order valence-electron chi connectivity index (χ4n) is 11.9. The average molecular weight is 1100 g/mol. The third kappa shape index (κ3) is 11.5. The molecule has 2 aliphatic heterocycles. The number of rotatable bonds is 14. The second kappa shape index (κ2) is 22.1. The van der Waals surface area contributed by atoms with Crippen LogP contribution in [-0.2, 0) is 53.4 Å². The van der Waals surface area contributed by atoms with Crippen LogP contribution in [0.25, 0.3) is 0 Å². The molecule has 2 aromatic carbocycles. The van der Waals surface area contributed by atoms with Gasteiger partial charge >= 0.3 is 5.97 Å². The quantitative estimate of drug-likeness (QED) is 0.114. The number of sulfonamides is 2. The van der Waals surface area contributed by atoms with Crippen molar-refractivity contribution in [1.82, 2.24) is 28.5 Å². The Morgan fingerprint density at radius 1 is 0.600 bits per heavy atom. The largest absolute Gasteiger partial charge is 0.480 e. The molecule has 24 heteroatoms. The molecule has 4 bridgehead atoms. The number of carboxylic acid groups (broad SMARTS) is 1. The number of aromatic nitrogens is 4. The molecule has 8 fully saturated rings. The molecule has 6 saturated carbocycles. The molecule has 4 heterocycles. The first-order valence-corrected chi connectivity index (χ1v) is 27.8. The van der Waals surface area contributed by atoms with E-state index in [9.17, 15) is 61.5 Å². The Morgan fingerprint density at radius 3 is 1.36 bits per heavy atom. The van der Waals surface area contributed by atoms with Crippen molar-refractivity contribution in [3.8, 4) is 0 Å². The summed E-state index contributed by atoms with van der Waals surface area (Å²) in [6, 6.07) is 9.36. The van der Waals surface area contributed by atoms with Crippen LogP contribution in [0.1, 0.15) is 119 Å². The zero-order valence-corrected chi connectivity index (χ0v) is 42.5. The summed E-state index contributed by atoms with van der Waals surface area (Å²) in [6.45, 7) is -0.542. The summed E-state index contributed by atoms with van der Waals surface area (Å²) in [5.74, 6) is -3.03. The van der Waals surface area contributed by atoms with Gasteiger partial charge in [0.15, 0.2) is 5.78 Å². The molecular formula is C51H59F8N7O7S2. The summed E-state index contributed by atoms with van der Waals surface area (Å²) >= 11 is 0. The number of carbonyl (C=O) groups is 2. The number of aryl methyl sites for hydroxylation is 1. The van der Waals surface area contributed by atoms with Crippen LogP contribution in [0.3, 0.4) is 0 Å². The number of halogens is 8. The van der Waals surface area contributed by atoms with Crippen molar-refractivity contribution in [3.05, 3.63) is 108 Å². The van der Waals surface area contributed by atoms with Crippen molar-refractivity contribution in [1.29, 1.82) is 0 Å². The highest BCUT2D eigenvalue weighted by atomic mass is 32.2. The number of fused-ring (bicyclic) bond motifs is 6. The zero-order valence-electron chi connectivity index (χ0n) is 40.8. The minimum Gasteiger partial charge on any atom is -0.480 e. The van der Waals surface area contributed by atoms with Crippen molar-refractivity contribution < 1.29 is 66.7 Å². The zero-order chi connectivity index (χ0) is 54.1. The third-order valence-electron chi connectivity index (χ3n) is 16.8. The summed E-state index contributed by atoms with van der Waals surface area (Å²) in [5.41, 5.74) is 6.99. The molecule has 6 aliphatic carbocycles. The van der Waals surface area contributed by atoms with Gasteiger partial charge in [0.2, 0.25) is 32.9 Å². The van der Waals surface area contributed by atoms with Crippen LogP contribution in [-0.4, -0.2) is 113 Å². The summed E-state index contributed by atoms with van der Waals surface area (Å²) in [7, 11) is -8.31. The van der Waals surface area contributed by atoms with Crippen LogP contribution in [0.5, 0.6) is 0 Å². The molecule has 4 aromatic rings. The van der Waals surface area contributed by atoms with Crippen molar-refractivity contribution in [2.45, 2.75) is 167 Å². The molecule has 4 atom stereocenters. The van der Waals surface area contributed by atoms with Gasteiger partial charge in [0.05, 0.1) is 32.9 Å². The first kappa shape index (κ1) is 56.2. The van der Waals surface area contributed by atoms with Gasteiger partial charge in [0.1, 0.15) is 42.7 Å². The Bertz CT molecular complexity index is 2880. The van der Waals surface area contributed by atoms with Crippen molar-refractivity contribution in [3.63, 3.8) is 0 Å². The minimum atomic E-state index is -4.18. The number of benzene rings is 2. The number of carboxylic acids is 1. The van der Waals surface area contributed by atoms with Gasteiger partial charge in [-0.2, -0.15) is 8.61 Å². The number of hydrogen-bond acceptors (Lipinski definition) is 11. The normalized spacial score (nSPS) is 29.7.